The SMILES string of the molecule is CC1CCCCC1CNCc1ccc(C(=O)O)cn1. The van der Waals surface area contributed by atoms with Crippen molar-refractivity contribution in [3.63, 3.8) is 0 Å². The highest BCUT2D eigenvalue weighted by atomic mass is 16.4. The summed E-state index contributed by atoms with van der Waals surface area (Å²) in [6.07, 6.45) is 6.80. The van der Waals surface area contributed by atoms with E-state index in [4.69, 9.17) is 5.11 Å². The Bertz CT molecular complexity index is 417. The van der Waals surface area contributed by atoms with Crippen LogP contribution < -0.4 is 5.32 Å². The molecule has 0 bridgehead atoms. The molecule has 4 heteroatoms. The molecule has 1 heterocycles. The Labute approximate surface area is 114 Å². The number of nitrogens with zero attached hydrogens (tertiary/aromatic N) is 1. The maximum Gasteiger partial charge on any atom is 0.337 e. The number of hydrogen-bond acceptors (Lipinski definition) is 3. The number of carbonyl (C=O) groups is 1. The third kappa shape index (κ3) is 4.03. The fourth-order valence-electron chi connectivity index (χ4n) is 2.74. The van der Waals surface area contributed by atoms with Crippen LogP contribution in [0.3, 0.4) is 0 Å². The number of rotatable bonds is 5. The van der Waals surface area contributed by atoms with Gasteiger partial charge in [0.25, 0.3) is 0 Å². The second kappa shape index (κ2) is 6.66. The predicted molar refractivity (Wildman–Crippen MR) is 74.0 cm³/mol. The Kier molecular flexibility index (Phi) is 4.91. The van der Waals surface area contributed by atoms with Gasteiger partial charge in [-0.25, -0.2) is 4.79 Å². The van der Waals surface area contributed by atoms with E-state index >= 15 is 0 Å². The minimum Gasteiger partial charge on any atom is -0.478 e. The summed E-state index contributed by atoms with van der Waals surface area (Å²) in [4.78, 5) is 14.9. The summed E-state index contributed by atoms with van der Waals surface area (Å²) >= 11 is 0. The number of nitrogens with one attached hydrogen (secondary N) is 1. The molecule has 0 saturated heterocycles. The van der Waals surface area contributed by atoms with Gasteiger partial charge in [-0.3, -0.25) is 4.98 Å². The van der Waals surface area contributed by atoms with Crippen molar-refractivity contribution in [1.29, 1.82) is 0 Å². The van der Waals surface area contributed by atoms with E-state index in [9.17, 15) is 4.79 Å². The molecule has 104 valence electrons. The molecule has 1 fully saturated rings. The third-order valence-electron chi connectivity index (χ3n) is 4.07. The molecule has 1 aliphatic carbocycles. The van der Waals surface area contributed by atoms with E-state index in [2.05, 4.69) is 17.2 Å². The number of hydrogen-bond donors (Lipinski definition) is 2. The van der Waals surface area contributed by atoms with Crippen LogP contribution in [0.15, 0.2) is 18.3 Å². The van der Waals surface area contributed by atoms with Crippen molar-refractivity contribution >= 4 is 5.97 Å². The molecule has 2 N–H and O–H groups in total. The average Bonchev–Trinajstić information content (AvgIpc) is 2.41. The maximum absolute atomic E-state index is 10.7. The summed E-state index contributed by atoms with van der Waals surface area (Å²) in [5, 5.41) is 12.2. The fourth-order valence-corrected chi connectivity index (χ4v) is 2.74. The number of carboxylic acids is 1. The predicted octanol–water partition coefficient (Wildman–Crippen LogP) is 2.70. The van der Waals surface area contributed by atoms with E-state index in [1.807, 2.05) is 0 Å². The molecule has 0 amide bonds. The van der Waals surface area contributed by atoms with Gasteiger partial charge in [-0.1, -0.05) is 26.2 Å². The van der Waals surface area contributed by atoms with Crippen molar-refractivity contribution in [2.75, 3.05) is 6.54 Å². The number of carboxylic acid groups (broad SMARTS) is 1. The Hall–Kier alpha value is -1.42. The van der Waals surface area contributed by atoms with Gasteiger partial charge in [0.15, 0.2) is 0 Å². The molecule has 1 aromatic rings. The van der Waals surface area contributed by atoms with E-state index in [0.29, 0.717) is 6.54 Å². The van der Waals surface area contributed by atoms with Crippen LogP contribution in [0, 0.1) is 11.8 Å². The maximum atomic E-state index is 10.7. The van der Waals surface area contributed by atoms with Crippen molar-refractivity contribution in [2.45, 2.75) is 39.2 Å². The van der Waals surface area contributed by atoms with Crippen LogP contribution in [0.1, 0.15) is 48.7 Å². The number of aromatic nitrogens is 1. The van der Waals surface area contributed by atoms with Crippen LogP contribution in [0.2, 0.25) is 0 Å². The van der Waals surface area contributed by atoms with Crippen LogP contribution >= 0.6 is 0 Å². The summed E-state index contributed by atoms with van der Waals surface area (Å²) in [5.41, 5.74) is 1.14. The standard InChI is InChI=1S/C15H22N2O2/c1-11-4-2-3-5-12(11)8-16-10-14-7-6-13(9-17-14)15(18)19/h6-7,9,11-12,16H,2-5,8,10H2,1H3,(H,18,19). The van der Waals surface area contributed by atoms with Gasteiger partial charge in [0.05, 0.1) is 11.3 Å². The molecule has 1 saturated carbocycles. The summed E-state index contributed by atoms with van der Waals surface area (Å²) in [6.45, 7) is 4.08. The Morgan fingerprint density at radius 2 is 2.21 bits per heavy atom. The first-order valence-electron chi connectivity index (χ1n) is 7.05. The molecule has 1 aliphatic rings. The van der Waals surface area contributed by atoms with Gasteiger partial charge in [-0.2, -0.15) is 0 Å². The smallest absolute Gasteiger partial charge is 0.337 e. The molecule has 4 nitrogen and oxygen atoms in total. The van der Waals surface area contributed by atoms with E-state index in [1.54, 1.807) is 12.1 Å². The monoisotopic (exact) mass is 262 g/mol. The van der Waals surface area contributed by atoms with Crippen molar-refractivity contribution in [2.24, 2.45) is 11.8 Å². The highest BCUT2D eigenvalue weighted by Crippen LogP contribution is 2.28. The Morgan fingerprint density at radius 1 is 1.42 bits per heavy atom. The highest BCUT2D eigenvalue weighted by molar-refractivity contribution is 5.87. The van der Waals surface area contributed by atoms with Gasteiger partial charge >= 0.3 is 5.97 Å². The zero-order chi connectivity index (χ0) is 13.7. The molecular weight excluding hydrogens is 240 g/mol. The first kappa shape index (κ1) is 14.0. The molecule has 2 unspecified atom stereocenters. The van der Waals surface area contributed by atoms with Crippen LogP contribution in [0.5, 0.6) is 0 Å². The first-order valence-corrected chi connectivity index (χ1v) is 7.05. The summed E-state index contributed by atoms with van der Waals surface area (Å²) in [7, 11) is 0. The topological polar surface area (TPSA) is 62.2 Å². The van der Waals surface area contributed by atoms with E-state index in [-0.39, 0.29) is 5.56 Å². The zero-order valence-corrected chi connectivity index (χ0v) is 11.4. The van der Waals surface area contributed by atoms with Crippen molar-refractivity contribution in [3.8, 4) is 0 Å². The van der Waals surface area contributed by atoms with Crippen LogP contribution in [-0.4, -0.2) is 22.6 Å². The zero-order valence-electron chi connectivity index (χ0n) is 11.4. The van der Waals surface area contributed by atoms with Gasteiger partial charge in [-0.15, -0.1) is 0 Å². The second-order valence-electron chi connectivity index (χ2n) is 5.50. The first-order chi connectivity index (χ1) is 9.16. The van der Waals surface area contributed by atoms with Crippen molar-refractivity contribution in [3.05, 3.63) is 29.6 Å². The lowest BCUT2D eigenvalue weighted by atomic mass is 9.80. The molecule has 19 heavy (non-hydrogen) atoms. The summed E-state index contributed by atoms with van der Waals surface area (Å²) < 4.78 is 0. The largest absolute Gasteiger partial charge is 0.478 e. The Balaban J connectivity index is 1.77. The summed E-state index contributed by atoms with van der Waals surface area (Å²) in [6, 6.07) is 3.39. The number of aromatic carboxylic acids is 1. The lowest BCUT2D eigenvalue weighted by Crippen LogP contribution is -2.29. The minimum absolute atomic E-state index is 0.240. The third-order valence-corrected chi connectivity index (χ3v) is 4.07. The molecule has 0 aromatic carbocycles. The average molecular weight is 262 g/mol. The molecule has 2 atom stereocenters. The fraction of sp³-hybridized carbons (Fsp3) is 0.600. The quantitative estimate of drug-likeness (QED) is 0.856. The van der Waals surface area contributed by atoms with Gasteiger partial charge in [-0.05, 0) is 36.9 Å². The van der Waals surface area contributed by atoms with Gasteiger partial charge in [0, 0.05) is 12.7 Å². The molecule has 2 rings (SSSR count). The molecular formula is C15H22N2O2. The Morgan fingerprint density at radius 3 is 2.84 bits per heavy atom. The lowest BCUT2D eigenvalue weighted by Gasteiger charge is -2.28. The highest BCUT2D eigenvalue weighted by Gasteiger charge is 2.20. The molecule has 1 aromatic heterocycles. The van der Waals surface area contributed by atoms with Crippen LogP contribution in [0.4, 0.5) is 0 Å². The van der Waals surface area contributed by atoms with Crippen LogP contribution in [0.25, 0.3) is 0 Å². The number of pyridine rings is 1. The second-order valence-corrected chi connectivity index (χ2v) is 5.50. The minimum atomic E-state index is -0.928. The van der Waals surface area contributed by atoms with Crippen LogP contribution in [-0.2, 0) is 6.54 Å². The van der Waals surface area contributed by atoms with E-state index in [0.717, 1.165) is 24.1 Å². The van der Waals surface area contributed by atoms with Crippen molar-refractivity contribution in [1.82, 2.24) is 10.3 Å². The van der Waals surface area contributed by atoms with Gasteiger partial charge in [0.1, 0.15) is 0 Å². The van der Waals surface area contributed by atoms with E-state index < -0.39 is 5.97 Å². The normalized spacial score (nSPS) is 23.2. The van der Waals surface area contributed by atoms with Gasteiger partial charge < -0.3 is 10.4 Å². The van der Waals surface area contributed by atoms with E-state index in [1.165, 1.54) is 31.9 Å². The summed E-state index contributed by atoms with van der Waals surface area (Å²) in [5.74, 6) is 0.652. The van der Waals surface area contributed by atoms with Crippen molar-refractivity contribution < 1.29 is 9.90 Å². The molecule has 0 aliphatic heterocycles. The molecule has 0 radical (unpaired) electrons. The lowest BCUT2D eigenvalue weighted by molar-refractivity contribution is 0.0696. The van der Waals surface area contributed by atoms with Gasteiger partial charge in [0.2, 0.25) is 0 Å². The molecule has 0 spiro atoms.